The Kier molecular flexibility index (Phi) is 7.09. The highest BCUT2D eigenvalue weighted by Gasteiger charge is 2.33. The van der Waals surface area contributed by atoms with Crippen LogP contribution in [0.3, 0.4) is 0 Å². The number of ether oxygens (including phenoxy) is 1. The van der Waals surface area contributed by atoms with Gasteiger partial charge in [-0.25, -0.2) is 4.79 Å². The molecule has 0 aromatic heterocycles. The van der Waals surface area contributed by atoms with Crippen LogP contribution in [0.2, 0.25) is 0 Å². The summed E-state index contributed by atoms with van der Waals surface area (Å²) in [5.41, 5.74) is 1.65. The van der Waals surface area contributed by atoms with Crippen LogP contribution in [0.4, 0.5) is 10.5 Å². The van der Waals surface area contributed by atoms with Crippen LogP contribution in [0.1, 0.15) is 51.5 Å². The van der Waals surface area contributed by atoms with Gasteiger partial charge in [-0.1, -0.05) is 38.0 Å². The van der Waals surface area contributed by atoms with E-state index < -0.39 is 6.09 Å². The maximum Gasteiger partial charge on any atom is 0.411 e. The lowest BCUT2D eigenvalue weighted by Crippen LogP contribution is -2.33. The lowest BCUT2D eigenvalue weighted by molar-refractivity contribution is -0.133. The second-order valence-corrected chi connectivity index (χ2v) is 6.24. The summed E-state index contributed by atoms with van der Waals surface area (Å²) in [5, 5.41) is 2.77. The average Bonchev–Trinajstić information content (AvgIpc) is 3.40. The van der Waals surface area contributed by atoms with Crippen molar-refractivity contribution in [3.63, 3.8) is 0 Å². The molecule has 0 saturated heterocycles. The van der Waals surface area contributed by atoms with Crippen molar-refractivity contribution in [3.8, 4) is 0 Å². The Hall–Kier alpha value is -2.04. The van der Waals surface area contributed by atoms with E-state index in [-0.39, 0.29) is 11.8 Å². The SMILES string of the molecule is CCCCCN(Cc1ccccc1NC(=O)OCC)C(=O)C1CC1. The van der Waals surface area contributed by atoms with Gasteiger partial charge < -0.3 is 9.64 Å². The van der Waals surface area contributed by atoms with Crippen molar-refractivity contribution in [3.05, 3.63) is 29.8 Å². The summed E-state index contributed by atoms with van der Waals surface area (Å²) in [5.74, 6) is 0.453. The molecule has 0 atom stereocenters. The Morgan fingerprint density at radius 2 is 1.96 bits per heavy atom. The van der Waals surface area contributed by atoms with E-state index in [4.69, 9.17) is 4.74 Å². The molecule has 1 aliphatic carbocycles. The first-order chi connectivity index (χ1) is 11.7. The first-order valence-electron chi connectivity index (χ1n) is 8.96. The fourth-order valence-electron chi connectivity index (χ4n) is 2.67. The Labute approximate surface area is 144 Å². The van der Waals surface area contributed by atoms with Gasteiger partial charge in [0.2, 0.25) is 5.91 Å². The van der Waals surface area contributed by atoms with Gasteiger partial charge in [-0.3, -0.25) is 10.1 Å². The lowest BCUT2D eigenvalue weighted by Gasteiger charge is -2.24. The van der Waals surface area contributed by atoms with E-state index in [1.807, 2.05) is 29.2 Å². The van der Waals surface area contributed by atoms with Crippen molar-refractivity contribution in [2.24, 2.45) is 5.92 Å². The highest BCUT2D eigenvalue weighted by Crippen LogP contribution is 2.32. The Bertz CT molecular complexity index is 555. The number of hydrogen-bond acceptors (Lipinski definition) is 3. The highest BCUT2D eigenvalue weighted by atomic mass is 16.5. The summed E-state index contributed by atoms with van der Waals surface area (Å²) in [7, 11) is 0. The number of amides is 2. The van der Waals surface area contributed by atoms with Gasteiger partial charge in [0.1, 0.15) is 0 Å². The topological polar surface area (TPSA) is 58.6 Å². The molecule has 0 aliphatic heterocycles. The van der Waals surface area contributed by atoms with Crippen molar-refractivity contribution >= 4 is 17.7 Å². The Balaban J connectivity index is 2.06. The molecule has 5 heteroatoms. The van der Waals surface area contributed by atoms with Crippen LogP contribution in [0.5, 0.6) is 0 Å². The van der Waals surface area contributed by atoms with Gasteiger partial charge in [0.25, 0.3) is 0 Å². The molecular formula is C19H28N2O3. The van der Waals surface area contributed by atoms with Crippen molar-refractivity contribution in [2.75, 3.05) is 18.5 Å². The fraction of sp³-hybridized carbons (Fsp3) is 0.579. The van der Waals surface area contributed by atoms with Crippen molar-refractivity contribution in [1.29, 1.82) is 0 Å². The fourth-order valence-corrected chi connectivity index (χ4v) is 2.67. The summed E-state index contributed by atoms with van der Waals surface area (Å²) >= 11 is 0. The van der Waals surface area contributed by atoms with Crippen LogP contribution < -0.4 is 5.32 Å². The van der Waals surface area contributed by atoms with Crippen LogP contribution in [-0.4, -0.2) is 30.1 Å². The molecular weight excluding hydrogens is 304 g/mol. The summed E-state index contributed by atoms with van der Waals surface area (Å²) in [6.07, 6.45) is 4.82. The van der Waals surface area contributed by atoms with Crippen LogP contribution >= 0.6 is 0 Å². The molecule has 1 aromatic rings. The van der Waals surface area contributed by atoms with Gasteiger partial charge in [0.05, 0.1) is 6.61 Å². The van der Waals surface area contributed by atoms with Gasteiger partial charge in [0.15, 0.2) is 0 Å². The Morgan fingerprint density at radius 1 is 1.21 bits per heavy atom. The molecule has 1 aliphatic rings. The second kappa shape index (κ2) is 9.30. The molecule has 0 spiro atoms. The molecule has 0 heterocycles. The van der Waals surface area contributed by atoms with Crippen LogP contribution in [0.25, 0.3) is 0 Å². The molecule has 1 fully saturated rings. The van der Waals surface area contributed by atoms with Gasteiger partial charge in [-0.05, 0) is 37.8 Å². The van der Waals surface area contributed by atoms with Crippen LogP contribution in [0, 0.1) is 5.92 Å². The van der Waals surface area contributed by atoms with Crippen LogP contribution in [0.15, 0.2) is 24.3 Å². The van der Waals surface area contributed by atoms with E-state index in [1.54, 1.807) is 6.92 Å². The van der Waals surface area contributed by atoms with E-state index in [0.29, 0.717) is 18.8 Å². The average molecular weight is 332 g/mol. The third kappa shape index (κ3) is 5.55. The molecule has 24 heavy (non-hydrogen) atoms. The van der Waals surface area contributed by atoms with E-state index in [0.717, 1.165) is 44.2 Å². The summed E-state index contributed by atoms with van der Waals surface area (Å²) in [6.45, 7) is 5.57. The number of rotatable bonds is 9. The molecule has 1 saturated carbocycles. The molecule has 0 unspecified atom stereocenters. The van der Waals surface area contributed by atoms with E-state index in [2.05, 4.69) is 12.2 Å². The zero-order valence-electron chi connectivity index (χ0n) is 14.7. The minimum atomic E-state index is -0.462. The number of carbonyl (C=O) groups is 2. The van der Waals surface area contributed by atoms with Crippen molar-refractivity contribution in [1.82, 2.24) is 4.90 Å². The van der Waals surface area contributed by atoms with Crippen LogP contribution in [-0.2, 0) is 16.1 Å². The molecule has 0 bridgehead atoms. The number of unbranched alkanes of at least 4 members (excludes halogenated alkanes) is 2. The molecule has 1 N–H and O–H groups in total. The zero-order valence-corrected chi connectivity index (χ0v) is 14.7. The maximum absolute atomic E-state index is 12.6. The number of para-hydroxylation sites is 1. The monoisotopic (exact) mass is 332 g/mol. The Morgan fingerprint density at radius 3 is 2.62 bits per heavy atom. The number of carbonyl (C=O) groups excluding carboxylic acids is 2. The third-order valence-electron chi connectivity index (χ3n) is 4.16. The normalized spacial score (nSPS) is 13.4. The van der Waals surface area contributed by atoms with Crippen molar-refractivity contribution < 1.29 is 14.3 Å². The standard InChI is InChI=1S/C19H28N2O3/c1-3-5-8-13-21(18(22)15-11-12-15)14-16-9-6-7-10-17(16)20-19(23)24-4-2/h6-7,9-10,15H,3-5,8,11-14H2,1-2H3,(H,20,23). The summed E-state index contributed by atoms with van der Waals surface area (Å²) in [6, 6.07) is 7.60. The molecule has 1 aromatic carbocycles. The maximum atomic E-state index is 12.6. The lowest BCUT2D eigenvalue weighted by atomic mass is 10.1. The molecule has 5 nitrogen and oxygen atoms in total. The van der Waals surface area contributed by atoms with Gasteiger partial charge in [-0.2, -0.15) is 0 Å². The third-order valence-corrected chi connectivity index (χ3v) is 4.16. The minimum Gasteiger partial charge on any atom is -0.450 e. The first-order valence-corrected chi connectivity index (χ1v) is 8.96. The van der Waals surface area contributed by atoms with E-state index in [1.165, 1.54) is 0 Å². The van der Waals surface area contributed by atoms with E-state index in [9.17, 15) is 9.59 Å². The second-order valence-electron chi connectivity index (χ2n) is 6.24. The first kappa shape index (κ1) is 18.3. The van der Waals surface area contributed by atoms with Gasteiger partial charge in [-0.15, -0.1) is 0 Å². The molecule has 2 rings (SSSR count). The summed E-state index contributed by atoms with van der Waals surface area (Å²) in [4.78, 5) is 26.2. The minimum absolute atomic E-state index is 0.205. The molecule has 132 valence electrons. The number of nitrogens with zero attached hydrogens (tertiary/aromatic N) is 1. The number of nitrogens with one attached hydrogen (secondary N) is 1. The predicted molar refractivity (Wildman–Crippen MR) is 94.8 cm³/mol. The number of hydrogen-bond donors (Lipinski definition) is 1. The molecule has 2 amide bonds. The smallest absolute Gasteiger partial charge is 0.411 e. The molecule has 0 radical (unpaired) electrons. The van der Waals surface area contributed by atoms with Gasteiger partial charge >= 0.3 is 6.09 Å². The van der Waals surface area contributed by atoms with Gasteiger partial charge in [0, 0.05) is 24.7 Å². The predicted octanol–water partition coefficient (Wildman–Crippen LogP) is 4.18. The number of anilines is 1. The highest BCUT2D eigenvalue weighted by molar-refractivity contribution is 5.86. The van der Waals surface area contributed by atoms with Crippen molar-refractivity contribution in [2.45, 2.75) is 52.5 Å². The van der Waals surface area contributed by atoms with E-state index >= 15 is 0 Å². The summed E-state index contributed by atoms with van der Waals surface area (Å²) < 4.78 is 4.95. The quantitative estimate of drug-likeness (QED) is 0.690. The largest absolute Gasteiger partial charge is 0.450 e. The zero-order chi connectivity index (χ0) is 17.4. The number of benzene rings is 1.